The standard InChI is InChI=1S/C13H18ClNO3/c1-2-18-13(17)7-12(16)9-15-8-10-4-3-5-11(14)6-10/h3-6,12,15-16H,2,7-9H2,1H3. The largest absolute Gasteiger partial charge is 0.466 e. The lowest BCUT2D eigenvalue weighted by Gasteiger charge is -2.11. The molecule has 0 aromatic heterocycles. The molecule has 4 nitrogen and oxygen atoms in total. The van der Waals surface area contributed by atoms with E-state index in [1.54, 1.807) is 13.0 Å². The van der Waals surface area contributed by atoms with E-state index in [2.05, 4.69) is 5.32 Å². The molecule has 0 heterocycles. The Kier molecular flexibility index (Phi) is 6.72. The summed E-state index contributed by atoms with van der Waals surface area (Å²) in [5.74, 6) is -0.380. The molecule has 0 saturated heterocycles. The summed E-state index contributed by atoms with van der Waals surface area (Å²) in [6, 6.07) is 7.47. The van der Waals surface area contributed by atoms with Gasteiger partial charge in [0.2, 0.25) is 0 Å². The lowest BCUT2D eigenvalue weighted by atomic mass is 10.2. The van der Waals surface area contributed by atoms with Crippen molar-refractivity contribution < 1.29 is 14.6 Å². The Balaban J connectivity index is 2.23. The number of aliphatic hydroxyl groups is 1. The Labute approximate surface area is 112 Å². The molecule has 1 atom stereocenters. The molecular formula is C13H18ClNO3. The fraction of sp³-hybridized carbons (Fsp3) is 0.462. The van der Waals surface area contributed by atoms with Crippen LogP contribution < -0.4 is 5.32 Å². The summed E-state index contributed by atoms with van der Waals surface area (Å²) < 4.78 is 4.75. The second-order valence-corrected chi connectivity index (χ2v) is 4.36. The highest BCUT2D eigenvalue weighted by Gasteiger charge is 2.10. The van der Waals surface area contributed by atoms with Crippen molar-refractivity contribution in [2.75, 3.05) is 13.2 Å². The minimum Gasteiger partial charge on any atom is -0.466 e. The molecule has 0 fully saturated rings. The molecule has 0 radical (unpaired) electrons. The van der Waals surface area contributed by atoms with Crippen molar-refractivity contribution in [2.24, 2.45) is 0 Å². The Morgan fingerprint density at radius 1 is 1.56 bits per heavy atom. The van der Waals surface area contributed by atoms with Gasteiger partial charge in [-0.3, -0.25) is 4.79 Å². The van der Waals surface area contributed by atoms with Gasteiger partial charge in [0, 0.05) is 18.1 Å². The van der Waals surface area contributed by atoms with Crippen LogP contribution in [0, 0.1) is 0 Å². The van der Waals surface area contributed by atoms with E-state index in [-0.39, 0.29) is 12.4 Å². The fourth-order valence-corrected chi connectivity index (χ4v) is 1.73. The van der Waals surface area contributed by atoms with Gasteiger partial charge in [0.1, 0.15) is 0 Å². The van der Waals surface area contributed by atoms with Gasteiger partial charge in [-0.25, -0.2) is 0 Å². The van der Waals surface area contributed by atoms with Crippen LogP contribution in [-0.2, 0) is 16.1 Å². The van der Waals surface area contributed by atoms with Gasteiger partial charge >= 0.3 is 5.97 Å². The number of nitrogens with one attached hydrogen (secondary N) is 1. The number of carbonyl (C=O) groups is 1. The molecular weight excluding hydrogens is 254 g/mol. The van der Waals surface area contributed by atoms with Crippen LogP contribution in [0.15, 0.2) is 24.3 Å². The van der Waals surface area contributed by atoms with Crippen LogP contribution in [0.4, 0.5) is 0 Å². The van der Waals surface area contributed by atoms with Gasteiger partial charge in [-0.1, -0.05) is 23.7 Å². The van der Waals surface area contributed by atoms with E-state index >= 15 is 0 Å². The Morgan fingerprint density at radius 2 is 2.33 bits per heavy atom. The smallest absolute Gasteiger partial charge is 0.308 e. The molecule has 2 N–H and O–H groups in total. The number of halogens is 1. The van der Waals surface area contributed by atoms with E-state index in [1.807, 2.05) is 18.2 Å². The second kappa shape index (κ2) is 8.08. The molecule has 1 aromatic rings. The monoisotopic (exact) mass is 271 g/mol. The molecule has 0 spiro atoms. The van der Waals surface area contributed by atoms with E-state index in [9.17, 15) is 9.90 Å². The second-order valence-electron chi connectivity index (χ2n) is 3.92. The minimum atomic E-state index is -0.733. The van der Waals surface area contributed by atoms with Crippen molar-refractivity contribution in [2.45, 2.75) is 26.0 Å². The number of rotatable bonds is 7. The zero-order valence-corrected chi connectivity index (χ0v) is 11.1. The molecule has 0 amide bonds. The first-order valence-corrected chi connectivity index (χ1v) is 6.28. The summed E-state index contributed by atoms with van der Waals surface area (Å²) in [4.78, 5) is 11.1. The number of carbonyl (C=O) groups excluding carboxylic acids is 1. The third-order valence-electron chi connectivity index (χ3n) is 2.31. The van der Waals surface area contributed by atoms with Crippen molar-refractivity contribution >= 4 is 17.6 Å². The molecule has 1 aromatic carbocycles. The van der Waals surface area contributed by atoms with E-state index in [0.717, 1.165) is 5.56 Å². The molecule has 0 saturated carbocycles. The van der Waals surface area contributed by atoms with E-state index in [0.29, 0.717) is 24.7 Å². The van der Waals surface area contributed by atoms with Crippen molar-refractivity contribution in [3.05, 3.63) is 34.9 Å². The lowest BCUT2D eigenvalue weighted by Crippen LogP contribution is -2.29. The van der Waals surface area contributed by atoms with Gasteiger partial charge in [-0.2, -0.15) is 0 Å². The van der Waals surface area contributed by atoms with Gasteiger partial charge in [0.15, 0.2) is 0 Å². The molecule has 0 aliphatic carbocycles. The summed E-state index contributed by atoms with van der Waals surface area (Å²) in [6.45, 7) is 3.01. The number of ether oxygens (including phenoxy) is 1. The van der Waals surface area contributed by atoms with Gasteiger partial charge in [0.05, 0.1) is 19.1 Å². The highest BCUT2D eigenvalue weighted by Crippen LogP contribution is 2.10. The maximum absolute atomic E-state index is 11.1. The molecule has 0 aliphatic rings. The molecule has 100 valence electrons. The summed E-state index contributed by atoms with van der Waals surface area (Å²) in [5.41, 5.74) is 1.03. The van der Waals surface area contributed by atoms with Crippen LogP contribution in [0.3, 0.4) is 0 Å². The summed E-state index contributed by atoms with van der Waals surface area (Å²) in [6.07, 6.45) is -0.723. The lowest BCUT2D eigenvalue weighted by molar-refractivity contribution is -0.145. The maximum atomic E-state index is 11.1. The maximum Gasteiger partial charge on any atom is 0.308 e. The molecule has 0 aliphatic heterocycles. The molecule has 1 unspecified atom stereocenters. The first-order chi connectivity index (χ1) is 8.61. The number of esters is 1. The van der Waals surface area contributed by atoms with Gasteiger partial charge < -0.3 is 15.2 Å². The predicted molar refractivity (Wildman–Crippen MR) is 70.4 cm³/mol. The van der Waals surface area contributed by atoms with Gasteiger partial charge in [-0.15, -0.1) is 0 Å². The molecule has 1 rings (SSSR count). The van der Waals surface area contributed by atoms with Gasteiger partial charge in [-0.05, 0) is 24.6 Å². The van der Waals surface area contributed by atoms with E-state index < -0.39 is 6.10 Å². The van der Waals surface area contributed by atoms with Crippen LogP contribution in [0.2, 0.25) is 5.02 Å². The van der Waals surface area contributed by atoms with E-state index in [4.69, 9.17) is 16.3 Å². The average Bonchev–Trinajstić information content (AvgIpc) is 2.29. The fourth-order valence-electron chi connectivity index (χ4n) is 1.51. The summed E-state index contributed by atoms with van der Waals surface area (Å²) in [7, 11) is 0. The third-order valence-corrected chi connectivity index (χ3v) is 2.54. The van der Waals surface area contributed by atoms with Crippen molar-refractivity contribution in [3.8, 4) is 0 Å². The van der Waals surface area contributed by atoms with Crippen LogP contribution in [0.25, 0.3) is 0 Å². The van der Waals surface area contributed by atoms with Crippen molar-refractivity contribution in [1.29, 1.82) is 0 Å². The van der Waals surface area contributed by atoms with E-state index in [1.165, 1.54) is 0 Å². The highest BCUT2D eigenvalue weighted by atomic mass is 35.5. The topological polar surface area (TPSA) is 58.6 Å². The third kappa shape index (κ3) is 6.00. The Morgan fingerprint density at radius 3 is 3.00 bits per heavy atom. The SMILES string of the molecule is CCOC(=O)CC(O)CNCc1cccc(Cl)c1. The predicted octanol–water partition coefficient (Wildman–Crippen LogP) is 1.74. The van der Waals surface area contributed by atoms with Gasteiger partial charge in [0.25, 0.3) is 0 Å². The molecule has 5 heteroatoms. The molecule has 0 bridgehead atoms. The van der Waals surface area contributed by atoms with Crippen LogP contribution >= 0.6 is 11.6 Å². The van der Waals surface area contributed by atoms with Crippen LogP contribution in [0.1, 0.15) is 18.9 Å². The minimum absolute atomic E-state index is 0.0103. The molecule has 18 heavy (non-hydrogen) atoms. The van der Waals surface area contributed by atoms with Crippen LogP contribution in [-0.4, -0.2) is 30.3 Å². The zero-order chi connectivity index (χ0) is 13.4. The normalized spacial score (nSPS) is 12.2. The number of hydrogen-bond acceptors (Lipinski definition) is 4. The Bertz CT molecular complexity index is 384. The van der Waals surface area contributed by atoms with Crippen molar-refractivity contribution in [1.82, 2.24) is 5.32 Å². The number of hydrogen-bond donors (Lipinski definition) is 2. The number of benzene rings is 1. The summed E-state index contributed by atoms with van der Waals surface area (Å²) in [5, 5.41) is 13.3. The summed E-state index contributed by atoms with van der Waals surface area (Å²) >= 11 is 5.85. The van der Waals surface area contributed by atoms with Crippen LogP contribution in [0.5, 0.6) is 0 Å². The van der Waals surface area contributed by atoms with Crippen molar-refractivity contribution in [3.63, 3.8) is 0 Å². The first-order valence-electron chi connectivity index (χ1n) is 5.90. The number of aliphatic hydroxyl groups excluding tert-OH is 1. The first kappa shape index (κ1) is 15.0. The zero-order valence-electron chi connectivity index (χ0n) is 10.4. The average molecular weight is 272 g/mol. The Hall–Kier alpha value is -1.10. The quantitative estimate of drug-likeness (QED) is 0.742. The highest BCUT2D eigenvalue weighted by molar-refractivity contribution is 6.30.